The summed E-state index contributed by atoms with van der Waals surface area (Å²) in [7, 11) is 0. The van der Waals surface area contributed by atoms with E-state index in [2.05, 4.69) is 27.9 Å². The third-order valence-electron chi connectivity index (χ3n) is 3.66. The predicted molar refractivity (Wildman–Crippen MR) is 103 cm³/mol. The lowest BCUT2D eigenvalue weighted by Crippen LogP contribution is -2.70. The third kappa shape index (κ3) is 3.56. The normalized spacial score (nSPS) is 21.9. The van der Waals surface area contributed by atoms with Crippen LogP contribution in [0.25, 0.3) is 0 Å². The Morgan fingerprint density at radius 2 is 2.24 bits per heavy atom. The van der Waals surface area contributed by atoms with Crippen molar-refractivity contribution < 1.29 is 14.4 Å². The molecule has 0 spiro atoms. The van der Waals surface area contributed by atoms with Crippen LogP contribution in [0.1, 0.15) is 6.42 Å². The van der Waals surface area contributed by atoms with Gasteiger partial charge in [0.15, 0.2) is 0 Å². The maximum absolute atomic E-state index is 12.4. The van der Waals surface area contributed by atoms with Crippen molar-refractivity contribution in [3.05, 3.63) is 38.4 Å². The van der Waals surface area contributed by atoms with Crippen molar-refractivity contribution >= 4 is 64.2 Å². The first-order valence-corrected chi connectivity index (χ1v) is 10.2. The van der Waals surface area contributed by atoms with Gasteiger partial charge in [-0.05, 0) is 34.7 Å². The van der Waals surface area contributed by atoms with Gasteiger partial charge in [-0.1, -0.05) is 23.9 Å². The van der Waals surface area contributed by atoms with E-state index in [0.29, 0.717) is 5.75 Å². The van der Waals surface area contributed by atoms with E-state index in [4.69, 9.17) is 5.26 Å². The Bertz CT molecular complexity index is 821. The number of nitrogens with one attached hydrogen (secondary N) is 1. The molecular weight excluding hydrogens is 473 g/mol. The molecule has 1 radical (unpaired) electrons. The Kier molecular flexibility index (Phi) is 5.71. The molecular formula is C16H11IN3O3S2. The van der Waals surface area contributed by atoms with Crippen molar-refractivity contribution in [2.75, 3.05) is 5.75 Å². The van der Waals surface area contributed by atoms with Gasteiger partial charge >= 0.3 is 0 Å². The molecule has 6 nitrogen and oxygen atoms in total. The van der Waals surface area contributed by atoms with Gasteiger partial charge in [0.25, 0.3) is 12.2 Å². The van der Waals surface area contributed by atoms with Crippen LogP contribution in [0.3, 0.4) is 0 Å². The van der Waals surface area contributed by atoms with Crippen LogP contribution in [0.15, 0.2) is 39.8 Å². The Morgan fingerprint density at radius 1 is 1.48 bits per heavy atom. The van der Waals surface area contributed by atoms with Crippen molar-refractivity contribution in [1.82, 2.24) is 10.2 Å². The van der Waals surface area contributed by atoms with E-state index in [9.17, 15) is 14.4 Å². The van der Waals surface area contributed by atoms with Gasteiger partial charge in [0, 0.05) is 19.1 Å². The Morgan fingerprint density at radius 3 is 2.92 bits per heavy atom. The molecule has 0 saturated carbocycles. The number of carbonyl (C=O) groups excluding carboxylic acids is 3. The molecule has 127 valence electrons. The summed E-state index contributed by atoms with van der Waals surface area (Å²) in [6.45, 7) is 0. The lowest BCUT2D eigenvalue weighted by atomic mass is 10.1. The molecule has 3 rings (SSSR count). The van der Waals surface area contributed by atoms with E-state index in [-0.39, 0.29) is 23.4 Å². The fourth-order valence-electron chi connectivity index (χ4n) is 2.51. The maximum atomic E-state index is 12.4. The molecule has 0 aromatic heterocycles. The molecule has 1 aromatic carbocycles. The quantitative estimate of drug-likeness (QED) is 0.508. The second kappa shape index (κ2) is 7.80. The average Bonchev–Trinajstić information content (AvgIpc) is 2.61. The number of halogens is 1. The number of β-lactam (4-membered cyclic amide) rings is 1. The third-order valence-corrected chi connectivity index (χ3v) is 7.59. The number of carbonyl (C=O) groups is 2. The summed E-state index contributed by atoms with van der Waals surface area (Å²) in [4.78, 5) is 38.6. The number of amides is 2. The number of hydrogen-bond acceptors (Lipinski definition) is 6. The van der Waals surface area contributed by atoms with E-state index in [1.165, 1.54) is 28.4 Å². The SMILES string of the molecule is N#CCC(=O)N[C@@H]1C(=O)N2C([C]=O)=C(Sc3ccccc3I)CS[C@H]12. The second-order valence-corrected chi connectivity index (χ2v) is 8.60. The van der Waals surface area contributed by atoms with Gasteiger partial charge < -0.3 is 5.32 Å². The number of allylic oxidation sites excluding steroid dienone is 1. The van der Waals surface area contributed by atoms with Crippen LogP contribution in [-0.4, -0.2) is 40.2 Å². The van der Waals surface area contributed by atoms with Gasteiger partial charge in [0.1, 0.15) is 23.5 Å². The first kappa shape index (κ1) is 18.3. The molecule has 1 fully saturated rings. The van der Waals surface area contributed by atoms with Crippen molar-refractivity contribution in [2.24, 2.45) is 0 Å². The van der Waals surface area contributed by atoms with E-state index in [1.54, 1.807) is 6.07 Å². The van der Waals surface area contributed by atoms with Crippen molar-refractivity contribution in [3.8, 4) is 6.07 Å². The molecule has 2 aliphatic rings. The fraction of sp³-hybridized carbons (Fsp3) is 0.250. The highest BCUT2D eigenvalue weighted by atomic mass is 127. The summed E-state index contributed by atoms with van der Waals surface area (Å²) in [5, 5.41) is 10.8. The van der Waals surface area contributed by atoms with Crippen molar-refractivity contribution in [1.29, 1.82) is 5.26 Å². The van der Waals surface area contributed by atoms with Gasteiger partial charge in [0.05, 0.1) is 6.07 Å². The Hall–Kier alpha value is -1.51. The molecule has 2 atom stereocenters. The second-order valence-electron chi connectivity index (χ2n) is 5.20. The van der Waals surface area contributed by atoms with Crippen LogP contribution in [0.4, 0.5) is 0 Å². The van der Waals surface area contributed by atoms with Gasteiger partial charge in [0.2, 0.25) is 5.91 Å². The largest absolute Gasteiger partial charge is 0.341 e. The summed E-state index contributed by atoms with van der Waals surface area (Å²) in [6, 6.07) is 8.84. The highest BCUT2D eigenvalue weighted by Crippen LogP contribution is 2.45. The monoisotopic (exact) mass is 484 g/mol. The van der Waals surface area contributed by atoms with Gasteiger partial charge in [-0.15, -0.1) is 11.8 Å². The van der Waals surface area contributed by atoms with Crippen molar-refractivity contribution in [2.45, 2.75) is 22.7 Å². The molecule has 25 heavy (non-hydrogen) atoms. The Labute approximate surface area is 166 Å². The zero-order valence-electron chi connectivity index (χ0n) is 12.7. The minimum Gasteiger partial charge on any atom is -0.341 e. The number of fused-ring (bicyclic) bond motifs is 1. The Balaban J connectivity index is 1.79. The van der Waals surface area contributed by atoms with Crippen LogP contribution in [0.5, 0.6) is 0 Å². The molecule has 0 bridgehead atoms. The van der Waals surface area contributed by atoms with Crippen LogP contribution < -0.4 is 5.32 Å². The summed E-state index contributed by atoms with van der Waals surface area (Å²) in [5.74, 6) is -0.275. The number of thioether (sulfide) groups is 2. The fourth-order valence-corrected chi connectivity index (χ4v) is 5.68. The molecule has 1 N–H and O–H groups in total. The van der Waals surface area contributed by atoms with Gasteiger partial charge in [-0.2, -0.15) is 5.26 Å². The lowest BCUT2D eigenvalue weighted by Gasteiger charge is -2.49. The molecule has 2 heterocycles. The van der Waals surface area contributed by atoms with Gasteiger partial charge in [-0.25, -0.2) is 0 Å². The summed E-state index contributed by atoms with van der Waals surface area (Å²) in [5.41, 5.74) is 0.240. The van der Waals surface area contributed by atoms with E-state index in [1.807, 2.05) is 30.6 Å². The lowest BCUT2D eigenvalue weighted by molar-refractivity contribution is -0.145. The zero-order valence-corrected chi connectivity index (χ0v) is 16.5. The van der Waals surface area contributed by atoms with Crippen LogP contribution in [0, 0.1) is 14.9 Å². The molecule has 1 aromatic rings. The molecule has 1 saturated heterocycles. The van der Waals surface area contributed by atoms with Crippen LogP contribution in [-0.2, 0) is 14.4 Å². The summed E-state index contributed by atoms with van der Waals surface area (Å²) < 4.78 is 1.06. The smallest absolute Gasteiger partial charge is 0.253 e. The minimum atomic E-state index is -0.697. The minimum absolute atomic E-state index is 0.240. The summed E-state index contributed by atoms with van der Waals surface area (Å²) >= 11 is 5.16. The average molecular weight is 484 g/mol. The number of hydrogen-bond donors (Lipinski definition) is 1. The molecule has 2 aliphatic heterocycles. The highest BCUT2D eigenvalue weighted by molar-refractivity contribution is 14.1. The highest BCUT2D eigenvalue weighted by Gasteiger charge is 2.52. The van der Waals surface area contributed by atoms with E-state index in [0.717, 1.165) is 13.4 Å². The number of nitriles is 1. The van der Waals surface area contributed by atoms with Crippen LogP contribution in [0.2, 0.25) is 0 Å². The molecule has 0 unspecified atom stereocenters. The molecule has 0 aliphatic carbocycles. The van der Waals surface area contributed by atoms with Crippen LogP contribution >= 0.6 is 46.1 Å². The first-order chi connectivity index (χ1) is 12.1. The number of nitrogens with zero attached hydrogens (tertiary/aromatic N) is 2. The van der Waals surface area contributed by atoms with Crippen molar-refractivity contribution in [3.63, 3.8) is 0 Å². The maximum Gasteiger partial charge on any atom is 0.253 e. The standard InChI is InChI=1S/C16H11IN3O3S2/c17-9-3-1-2-4-11(9)25-12-8-24-16-14(19-13(22)5-6-18)15(23)20(16)10(12)7-21/h1-4,14,16H,5,8H2,(H,19,22)/t14-,16-/m1/s1. The zero-order chi connectivity index (χ0) is 18.0. The van der Waals surface area contributed by atoms with Gasteiger partial charge in [-0.3, -0.25) is 19.3 Å². The molecule has 2 amide bonds. The summed E-state index contributed by atoms with van der Waals surface area (Å²) in [6.07, 6.45) is 1.59. The number of benzene rings is 1. The molecule has 9 heteroatoms. The first-order valence-electron chi connectivity index (χ1n) is 7.21. The predicted octanol–water partition coefficient (Wildman–Crippen LogP) is 2.02. The van der Waals surface area contributed by atoms with E-state index >= 15 is 0 Å². The van der Waals surface area contributed by atoms with E-state index < -0.39 is 11.9 Å². The topological polar surface area (TPSA) is 90.3 Å². The number of rotatable bonds is 5.